The largest absolute Gasteiger partial charge is 0.486 e. The van der Waals surface area contributed by atoms with E-state index in [4.69, 9.17) is 9.15 Å². The van der Waals surface area contributed by atoms with Crippen molar-refractivity contribution in [3.05, 3.63) is 70.3 Å². The summed E-state index contributed by atoms with van der Waals surface area (Å²) in [6, 6.07) is 10.5. The van der Waals surface area contributed by atoms with Crippen LogP contribution < -0.4 is 10.1 Å². The van der Waals surface area contributed by atoms with Crippen LogP contribution in [0.2, 0.25) is 0 Å². The van der Waals surface area contributed by atoms with Crippen molar-refractivity contribution in [3.8, 4) is 5.75 Å². The molecule has 0 radical (unpaired) electrons. The van der Waals surface area contributed by atoms with Gasteiger partial charge in [0.05, 0.1) is 4.92 Å². The number of carbonyl (C=O) groups is 1. The van der Waals surface area contributed by atoms with Crippen molar-refractivity contribution in [3.63, 3.8) is 0 Å². The lowest BCUT2D eigenvalue weighted by Gasteiger charge is -2.03. The maximum absolute atomic E-state index is 12.1. The lowest BCUT2D eigenvalue weighted by Crippen LogP contribution is -2.11. The minimum atomic E-state index is -0.483. The van der Waals surface area contributed by atoms with Gasteiger partial charge >= 0.3 is 0 Å². The molecule has 2 aromatic heterocycles. The molecule has 0 saturated heterocycles. The van der Waals surface area contributed by atoms with Crippen LogP contribution in [0.25, 0.3) is 0 Å². The van der Waals surface area contributed by atoms with Gasteiger partial charge < -0.3 is 14.5 Å². The summed E-state index contributed by atoms with van der Waals surface area (Å²) >= 11 is 0. The average Bonchev–Trinajstić information content (AvgIpc) is 3.22. The second kappa shape index (κ2) is 6.87. The van der Waals surface area contributed by atoms with E-state index in [2.05, 4.69) is 10.4 Å². The molecule has 0 unspecified atom stereocenters. The number of non-ortho nitro benzene ring substituents is 1. The van der Waals surface area contributed by atoms with E-state index in [0.29, 0.717) is 17.3 Å². The maximum Gasteiger partial charge on any atom is 0.292 e. The molecule has 25 heavy (non-hydrogen) atoms. The summed E-state index contributed by atoms with van der Waals surface area (Å²) in [5, 5.41) is 17.3. The molecule has 0 atom stereocenters. The highest BCUT2D eigenvalue weighted by Gasteiger charge is 2.13. The lowest BCUT2D eigenvalue weighted by atomic mass is 10.3. The average molecular weight is 342 g/mol. The standard InChI is InChI=1S/C16H14N4O5/c1-19-9-8-15(18-19)17-16(21)14-7-6-13(25-14)10-24-12-4-2-11(3-5-12)20(22)23/h2-9H,10H2,1H3,(H,17,18,21). The van der Waals surface area contributed by atoms with Crippen LogP contribution in [0.4, 0.5) is 11.5 Å². The van der Waals surface area contributed by atoms with Gasteiger partial charge in [0.1, 0.15) is 18.1 Å². The van der Waals surface area contributed by atoms with Crippen LogP contribution in [0.3, 0.4) is 0 Å². The van der Waals surface area contributed by atoms with E-state index in [1.54, 1.807) is 30.1 Å². The number of nitro groups is 1. The van der Waals surface area contributed by atoms with E-state index in [-0.39, 0.29) is 18.1 Å². The summed E-state index contributed by atoms with van der Waals surface area (Å²) in [7, 11) is 1.75. The smallest absolute Gasteiger partial charge is 0.292 e. The fraction of sp³-hybridized carbons (Fsp3) is 0.125. The van der Waals surface area contributed by atoms with Crippen LogP contribution in [0, 0.1) is 10.1 Å². The molecule has 0 aliphatic heterocycles. The normalized spacial score (nSPS) is 10.4. The van der Waals surface area contributed by atoms with Gasteiger partial charge in [-0.3, -0.25) is 19.6 Å². The number of nitrogens with one attached hydrogen (secondary N) is 1. The quantitative estimate of drug-likeness (QED) is 0.544. The third-order valence-corrected chi connectivity index (χ3v) is 3.27. The molecule has 0 saturated carbocycles. The van der Waals surface area contributed by atoms with Crippen molar-refractivity contribution in [2.45, 2.75) is 6.61 Å². The first-order valence-electron chi connectivity index (χ1n) is 7.28. The van der Waals surface area contributed by atoms with E-state index in [1.807, 2.05) is 0 Å². The molecule has 9 nitrogen and oxygen atoms in total. The second-order valence-corrected chi connectivity index (χ2v) is 5.13. The predicted octanol–water partition coefficient (Wildman–Crippen LogP) is 2.75. The highest BCUT2D eigenvalue weighted by atomic mass is 16.6. The third-order valence-electron chi connectivity index (χ3n) is 3.27. The van der Waals surface area contributed by atoms with Crippen molar-refractivity contribution in [2.24, 2.45) is 7.05 Å². The van der Waals surface area contributed by atoms with Gasteiger partial charge in [0.2, 0.25) is 0 Å². The summed E-state index contributed by atoms with van der Waals surface area (Å²) in [5.41, 5.74) is -0.0150. The maximum atomic E-state index is 12.1. The van der Waals surface area contributed by atoms with Gasteiger partial charge in [-0.25, -0.2) is 0 Å². The van der Waals surface area contributed by atoms with Crippen LogP contribution in [0.15, 0.2) is 53.1 Å². The molecular formula is C16H14N4O5. The van der Waals surface area contributed by atoms with Gasteiger partial charge in [0, 0.05) is 31.4 Å². The predicted molar refractivity (Wildman–Crippen MR) is 87.3 cm³/mol. The molecule has 1 N–H and O–H groups in total. The van der Waals surface area contributed by atoms with Crippen molar-refractivity contribution < 1.29 is 18.9 Å². The van der Waals surface area contributed by atoms with Gasteiger partial charge in [-0.1, -0.05) is 0 Å². The number of furan rings is 1. The number of carbonyl (C=O) groups excluding carboxylic acids is 1. The summed E-state index contributed by atoms with van der Waals surface area (Å²) < 4.78 is 12.5. The molecule has 0 fully saturated rings. The molecule has 3 rings (SSSR count). The molecule has 0 aliphatic rings. The molecular weight excluding hydrogens is 328 g/mol. The Kier molecular flexibility index (Phi) is 4.46. The number of aryl methyl sites for hydroxylation is 1. The minimum absolute atomic E-state index is 0.0150. The second-order valence-electron chi connectivity index (χ2n) is 5.13. The highest BCUT2D eigenvalue weighted by molar-refractivity contribution is 6.01. The van der Waals surface area contributed by atoms with Crippen LogP contribution in [-0.2, 0) is 13.7 Å². The zero-order valence-corrected chi connectivity index (χ0v) is 13.2. The Bertz CT molecular complexity index is 897. The number of benzene rings is 1. The Morgan fingerprint density at radius 2 is 2.04 bits per heavy atom. The van der Waals surface area contributed by atoms with E-state index < -0.39 is 10.8 Å². The topological polar surface area (TPSA) is 112 Å². The summed E-state index contributed by atoms with van der Waals surface area (Å²) in [6.07, 6.45) is 1.71. The van der Waals surface area contributed by atoms with Crippen molar-refractivity contribution in [1.82, 2.24) is 9.78 Å². The van der Waals surface area contributed by atoms with E-state index in [0.717, 1.165) is 0 Å². The first-order valence-corrected chi connectivity index (χ1v) is 7.28. The number of aromatic nitrogens is 2. The van der Waals surface area contributed by atoms with Gasteiger partial charge in [-0.15, -0.1) is 0 Å². The minimum Gasteiger partial charge on any atom is -0.486 e. The molecule has 9 heteroatoms. The first kappa shape index (κ1) is 16.2. The number of anilines is 1. The van der Waals surface area contributed by atoms with Gasteiger partial charge in [-0.2, -0.15) is 5.10 Å². The van der Waals surface area contributed by atoms with Gasteiger partial charge in [-0.05, 0) is 24.3 Å². The number of hydrogen-bond donors (Lipinski definition) is 1. The van der Waals surface area contributed by atoms with Crippen molar-refractivity contribution in [2.75, 3.05) is 5.32 Å². The Morgan fingerprint density at radius 3 is 2.68 bits per heavy atom. The zero-order chi connectivity index (χ0) is 17.8. The Hall–Kier alpha value is -3.62. The highest BCUT2D eigenvalue weighted by Crippen LogP contribution is 2.19. The monoisotopic (exact) mass is 342 g/mol. The summed E-state index contributed by atoms with van der Waals surface area (Å²) in [6.45, 7) is 0.0919. The summed E-state index contributed by atoms with van der Waals surface area (Å²) in [4.78, 5) is 22.2. The molecule has 3 aromatic rings. The Morgan fingerprint density at radius 1 is 1.28 bits per heavy atom. The zero-order valence-electron chi connectivity index (χ0n) is 13.2. The van der Waals surface area contributed by atoms with Gasteiger partial charge in [0.25, 0.3) is 11.6 Å². The fourth-order valence-corrected chi connectivity index (χ4v) is 2.06. The molecule has 128 valence electrons. The number of rotatable bonds is 6. The molecule has 1 amide bonds. The van der Waals surface area contributed by atoms with Crippen LogP contribution in [0.5, 0.6) is 5.75 Å². The number of ether oxygens (including phenoxy) is 1. The Labute approximate surface area is 142 Å². The van der Waals surface area contributed by atoms with Crippen LogP contribution in [0.1, 0.15) is 16.3 Å². The van der Waals surface area contributed by atoms with Crippen molar-refractivity contribution in [1.29, 1.82) is 0 Å². The number of nitrogens with zero attached hydrogens (tertiary/aromatic N) is 3. The van der Waals surface area contributed by atoms with Crippen LogP contribution >= 0.6 is 0 Å². The van der Waals surface area contributed by atoms with Crippen LogP contribution in [-0.4, -0.2) is 20.6 Å². The first-order chi connectivity index (χ1) is 12.0. The molecule has 0 bridgehead atoms. The third kappa shape index (κ3) is 4.02. The Balaban J connectivity index is 1.57. The molecule has 0 aliphatic carbocycles. The van der Waals surface area contributed by atoms with Gasteiger partial charge in [0.15, 0.2) is 11.6 Å². The number of amides is 1. The fourth-order valence-electron chi connectivity index (χ4n) is 2.06. The van der Waals surface area contributed by atoms with E-state index >= 15 is 0 Å². The number of hydrogen-bond acceptors (Lipinski definition) is 6. The van der Waals surface area contributed by atoms with E-state index in [9.17, 15) is 14.9 Å². The number of nitro benzene ring substituents is 1. The molecule has 1 aromatic carbocycles. The van der Waals surface area contributed by atoms with Crippen molar-refractivity contribution >= 4 is 17.4 Å². The summed E-state index contributed by atoms with van der Waals surface area (Å²) in [5.74, 6) is 1.05. The lowest BCUT2D eigenvalue weighted by molar-refractivity contribution is -0.384. The SMILES string of the molecule is Cn1ccc(NC(=O)c2ccc(COc3ccc([N+](=O)[O-])cc3)o2)n1. The molecule has 0 spiro atoms. The molecule has 2 heterocycles. The van der Waals surface area contributed by atoms with E-state index in [1.165, 1.54) is 30.3 Å².